The van der Waals surface area contributed by atoms with Crippen molar-refractivity contribution in [3.63, 3.8) is 0 Å². The molecule has 0 aliphatic heterocycles. The molecule has 23 heavy (non-hydrogen) atoms. The summed E-state index contributed by atoms with van der Waals surface area (Å²) < 4.78 is 1.92. The topological polar surface area (TPSA) is 22.0 Å². The van der Waals surface area contributed by atoms with Crippen molar-refractivity contribution in [1.82, 2.24) is 4.57 Å². The highest BCUT2D eigenvalue weighted by Crippen LogP contribution is 2.34. The van der Waals surface area contributed by atoms with Gasteiger partial charge in [0.25, 0.3) is 5.91 Å². The summed E-state index contributed by atoms with van der Waals surface area (Å²) in [5.41, 5.74) is 5.23. The van der Waals surface area contributed by atoms with Crippen molar-refractivity contribution in [3.05, 3.63) is 69.9 Å². The zero-order valence-electron chi connectivity index (χ0n) is 13.1. The molecule has 1 heterocycles. The Bertz CT molecular complexity index is 923. The number of benzene rings is 2. The summed E-state index contributed by atoms with van der Waals surface area (Å²) >= 11 is 6.20. The average Bonchev–Trinajstić information content (AvgIpc) is 2.88. The van der Waals surface area contributed by atoms with Gasteiger partial charge in [-0.15, -0.1) is 0 Å². The predicted octanol–water partition coefficient (Wildman–Crippen LogP) is 5.17. The van der Waals surface area contributed by atoms with Gasteiger partial charge in [-0.25, -0.2) is 0 Å². The molecule has 0 saturated heterocycles. The summed E-state index contributed by atoms with van der Waals surface area (Å²) in [4.78, 5) is 13.2. The van der Waals surface area contributed by atoms with E-state index < -0.39 is 0 Å². The summed E-state index contributed by atoms with van der Waals surface area (Å²) in [5, 5.41) is 1.86. The monoisotopic (exact) mass is 323 g/mol. The van der Waals surface area contributed by atoms with Gasteiger partial charge >= 0.3 is 0 Å². The Labute approximate surface area is 140 Å². The van der Waals surface area contributed by atoms with Crippen LogP contribution in [0.1, 0.15) is 40.0 Å². The second-order valence-electron chi connectivity index (χ2n) is 6.25. The molecular weight excluding hydrogens is 306 g/mol. The number of aryl methyl sites for hydroxylation is 2. The molecule has 2 nitrogen and oxygen atoms in total. The molecule has 0 N–H and O–H groups in total. The van der Waals surface area contributed by atoms with Crippen molar-refractivity contribution >= 4 is 28.4 Å². The van der Waals surface area contributed by atoms with Crippen LogP contribution in [0.3, 0.4) is 0 Å². The number of aromatic nitrogens is 1. The zero-order valence-corrected chi connectivity index (χ0v) is 13.9. The highest BCUT2D eigenvalue weighted by atomic mass is 35.5. The lowest BCUT2D eigenvalue weighted by molar-refractivity contribution is 0.0961. The Morgan fingerprint density at radius 3 is 2.70 bits per heavy atom. The van der Waals surface area contributed by atoms with Crippen LogP contribution in [0.25, 0.3) is 10.9 Å². The predicted molar refractivity (Wildman–Crippen MR) is 94.5 cm³/mol. The Balaban J connectivity index is 2.00. The van der Waals surface area contributed by atoms with E-state index in [1.165, 1.54) is 17.7 Å². The maximum absolute atomic E-state index is 13.2. The zero-order chi connectivity index (χ0) is 16.0. The maximum Gasteiger partial charge on any atom is 0.262 e. The number of fused-ring (bicyclic) bond motifs is 3. The summed E-state index contributed by atoms with van der Waals surface area (Å²) in [6, 6.07) is 13.6. The van der Waals surface area contributed by atoms with Crippen molar-refractivity contribution in [3.8, 4) is 0 Å². The lowest BCUT2D eigenvalue weighted by atomic mass is 9.95. The molecule has 2 aromatic carbocycles. The standard InChI is InChI=1S/C20H18ClNO/c1-13-6-2-3-7-15(13)20(23)22-18-9-5-4-8-16(18)17-12-14(21)10-11-19(17)22/h2-3,6-7,10-12H,4-5,8-9H2,1H3. The Kier molecular flexibility index (Phi) is 3.50. The summed E-state index contributed by atoms with van der Waals surface area (Å²) in [6.07, 6.45) is 4.30. The molecule has 0 bridgehead atoms. The van der Waals surface area contributed by atoms with Crippen LogP contribution in [-0.2, 0) is 12.8 Å². The van der Waals surface area contributed by atoms with Crippen LogP contribution in [0.15, 0.2) is 42.5 Å². The minimum absolute atomic E-state index is 0.0681. The Morgan fingerprint density at radius 2 is 1.87 bits per heavy atom. The van der Waals surface area contributed by atoms with Crippen LogP contribution < -0.4 is 0 Å². The van der Waals surface area contributed by atoms with Gasteiger partial charge in [0, 0.05) is 21.7 Å². The van der Waals surface area contributed by atoms with Crippen LogP contribution >= 0.6 is 11.6 Å². The smallest absolute Gasteiger partial charge is 0.262 e. The quantitative estimate of drug-likeness (QED) is 0.605. The van der Waals surface area contributed by atoms with Crippen LogP contribution in [0, 0.1) is 6.92 Å². The van der Waals surface area contributed by atoms with Crippen LogP contribution in [-0.4, -0.2) is 10.5 Å². The number of nitrogens with zero attached hydrogens (tertiary/aromatic N) is 1. The molecule has 1 aromatic heterocycles. The molecule has 1 aliphatic rings. The maximum atomic E-state index is 13.2. The van der Waals surface area contributed by atoms with Crippen LogP contribution in [0.5, 0.6) is 0 Å². The number of halogens is 1. The van der Waals surface area contributed by atoms with Crippen molar-refractivity contribution in [2.24, 2.45) is 0 Å². The largest absolute Gasteiger partial charge is 0.280 e. The number of hydrogen-bond donors (Lipinski definition) is 0. The van der Waals surface area contributed by atoms with E-state index in [1.807, 2.05) is 54.0 Å². The second-order valence-corrected chi connectivity index (χ2v) is 6.69. The molecule has 0 saturated carbocycles. The van der Waals surface area contributed by atoms with Gasteiger partial charge in [0.2, 0.25) is 0 Å². The molecule has 0 radical (unpaired) electrons. The van der Waals surface area contributed by atoms with Crippen molar-refractivity contribution in [1.29, 1.82) is 0 Å². The number of carbonyl (C=O) groups excluding carboxylic acids is 1. The van der Waals surface area contributed by atoms with E-state index in [1.54, 1.807) is 0 Å². The first-order valence-corrected chi connectivity index (χ1v) is 8.46. The number of carbonyl (C=O) groups is 1. The Hall–Kier alpha value is -2.06. The van der Waals surface area contributed by atoms with Gasteiger partial charge in [-0.2, -0.15) is 0 Å². The van der Waals surface area contributed by atoms with Gasteiger partial charge in [-0.3, -0.25) is 9.36 Å². The Morgan fingerprint density at radius 1 is 1.09 bits per heavy atom. The number of rotatable bonds is 1. The molecule has 3 heteroatoms. The fraction of sp³-hybridized carbons (Fsp3) is 0.250. The number of hydrogen-bond acceptors (Lipinski definition) is 1. The normalized spacial score (nSPS) is 14.0. The van der Waals surface area contributed by atoms with Gasteiger partial charge in [0.15, 0.2) is 0 Å². The first kappa shape index (κ1) is 14.5. The molecule has 0 unspecified atom stereocenters. The van der Waals surface area contributed by atoms with E-state index in [4.69, 9.17) is 11.6 Å². The van der Waals surface area contributed by atoms with Crippen LogP contribution in [0.2, 0.25) is 5.02 Å². The summed E-state index contributed by atoms with van der Waals surface area (Å²) in [5.74, 6) is 0.0681. The third-order valence-corrected chi connectivity index (χ3v) is 5.05. The second kappa shape index (κ2) is 5.54. The molecule has 116 valence electrons. The first-order chi connectivity index (χ1) is 11.2. The fourth-order valence-electron chi connectivity index (χ4n) is 3.68. The molecular formula is C20H18ClNO. The lowest BCUT2D eigenvalue weighted by Crippen LogP contribution is -2.18. The van der Waals surface area contributed by atoms with Crippen molar-refractivity contribution in [2.75, 3.05) is 0 Å². The SMILES string of the molecule is Cc1ccccc1C(=O)n1c2c(c3cc(Cl)ccc31)CCCC2. The highest BCUT2D eigenvalue weighted by Gasteiger charge is 2.24. The fourth-order valence-corrected chi connectivity index (χ4v) is 3.85. The van der Waals surface area contributed by atoms with Gasteiger partial charge in [-0.1, -0.05) is 29.8 Å². The minimum atomic E-state index is 0.0681. The van der Waals surface area contributed by atoms with Gasteiger partial charge in [0.05, 0.1) is 5.52 Å². The third kappa shape index (κ3) is 2.29. The third-order valence-electron chi connectivity index (χ3n) is 4.81. The minimum Gasteiger partial charge on any atom is -0.280 e. The van der Waals surface area contributed by atoms with E-state index >= 15 is 0 Å². The lowest BCUT2D eigenvalue weighted by Gasteiger charge is -2.15. The molecule has 1 aliphatic carbocycles. The first-order valence-electron chi connectivity index (χ1n) is 8.09. The summed E-state index contributed by atoms with van der Waals surface area (Å²) in [7, 11) is 0. The van der Waals surface area contributed by atoms with Crippen molar-refractivity contribution < 1.29 is 4.79 Å². The van der Waals surface area contributed by atoms with E-state index in [2.05, 4.69) is 0 Å². The molecule has 3 aromatic rings. The molecule has 0 amide bonds. The van der Waals surface area contributed by atoms with E-state index in [9.17, 15) is 4.79 Å². The molecule has 4 rings (SSSR count). The van der Waals surface area contributed by atoms with Gasteiger partial charge in [0.1, 0.15) is 0 Å². The van der Waals surface area contributed by atoms with E-state index in [-0.39, 0.29) is 5.91 Å². The van der Waals surface area contributed by atoms with Crippen molar-refractivity contribution in [2.45, 2.75) is 32.6 Å². The highest BCUT2D eigenvalue weighted by molar-refractivity contribution is 6.31. The molecule has 0 atom stereocenters. The van der Waals surface area contributed by atoms with E-state index in [0.29, 0.717) is 0 Å². The van der Waals surface area contributed by atoms with Gasteiger partial charge < -0.3 is 0 Å². The van der Waals surface area contributed by atoms with Crippen LogP contribution in [0.4, 0.5) is 0 Å². The molecule has 0 fully saturated rings. The summed E-state index contributed by atoms with van der Waals surface area (Å²) in [6.45, 7) is 1.99. The van der Waals surface area contributed by atoms with Gasteiger partial charge in [-0.05, 0) is 68.0 Å². The van der Waals surface area contributed by atoms with E-state index in [0.717, 1.165) is 46.3 Å². The average molecular weight is 324 g/mol. The molecule has 0 spiro atoms.